The van der Waals surface area contributed by atoms with Crippen LogP contribution in [0.4, 0.5) is 10.2 Å². The number of hydrogen-bond donors (Lipinski definition) is 0. The number of imidazole rings is 1. The van der Waals surface area contributed by atoms with Crippen LogP contribution in [0.1, 0.15) is 22.8 Å². The van der Waals surface area contributed by atoms with Gasteiger partial charge >= 0.3 is 0 Å². The quantitative estimate of drug-likeness (QED) is 0.601. The fraction of sp³-hybridized carbons (Fsp3) is 0.381. The first kappa shape index (κ1) is 21.4. The number of halogens is 1. The van der Waals surface area contributed by atoms with Crippen molar-refractivity contribution in [3.8, 4) is 5.82 Å². The summed E-state index contributed by atoms with van der Waals surface area (Å²) in [5, 5.41) is 0. The average molecular weight is 445 g/mol. The minimum absolute atomic E-state index is 0.208. The Hall–Kier alpha value is -2.85. The number of benzene rings is 1. The second-order valence-electron chi connectivity index (χ2n) is 7.69. The molecule has 1 saturated heterocycles. The van der Waals surface area contributed by atoms with Gasteiger partial charge in [-0.05, 0) is 38.5 Å². The van der Waals surface area contributed by atoms with E-state index in [4.69, 9.17) is 0 Å². The van der Waals surface area contributed by atoms with Gasteiger partial charge in [0.15, 0.2) is 0 Å². The summed E-state index contributed by atoms with van der Waals surface area (Å²) in [5.74, 6) is 1.49. The highest BCUT2D eigenvalue weighted by Gasteiger charge is 2.28. The van der Waals surface area contributed by atoms with E-state index < -0.39 is 15.8 Å². The Bertz CT molecular complexity index is 1200. The summed E-state index contributed by atoms with van der Waals surface area (Å²) < 4.78 is 42.4. The highest BCUT2D eigenvalue weighted by atomic mass is 32.2. The lowest BCUT2D eigenvalue weighted by atomic mass is 10.2. The van der Waals surface area contributed by atoms with E-state index in [9.17, 15) is 12.8 Å². The van der Waals surface area contributed by atoms with E-state index in [0.29, 0.717) is 37.6 Å². The Labute approximate surface area is 181 Å². The molecule has 31 heavy (non-hydrogen) atoms. The van der Waals surface area contributed by atoms with Gasteiger partial charge in [-0.2, -0.15) is 4.31 Å². The van der Waals surface area contributed by atoms with E-state index in [1.54, 1.807) is 12.4 Å². The maximum absolute atomic E-state index is 13.4. The van der Waals surface area contributed by atoms with Gasteiger partial charge < -0.3 is 4.90 Å². The summed E-state index contributed by atoms with van der Waals surface area (Å²) in [6.07, 6.45) is 1.74. The van der Waals surface area contributed by atoms with Crippen molar-refractivity contribution < 1.29 is 12.8 Å². The molecular formula is C21H25FN6O2S. The molecule has 0 bridgehead atoms. The number of aryl methyl sites for hydroxylation is 2. The normalized spacial score (nSPS) is 15.4. The highest BCUT2D eigenvalue weighted by molar-refractivity contribution is 7.88. The molecule has 0 amide bonds. The van der Waals surface area contributed by atoms with Crippen molar-refractivity contribution in [1.82, 2.24) is 23.8 Å². The molecule has 0 aliphatic carbocycles. The Morgan fingerprint density at radius 2 is 1.71 bits per heavy atom. The molecule has 0 radical (unpaired) electrons. The maximum Gasteiger partial charge on any atom is 0.218 e. The second-order valence-corrected chi connectivity index (χ2v) is 9.66. The smallest absolute Gasteiger partial charge is 0.218 e. The second kappa shape index (κ2) is 8.35. The Balaban J connectivity index is 1.48. The fourth-order valence-electron chi connectivity index (χ4n) is 3.68. The molecule has 1 aromatic carbocycles. The van der Waals surface area contributed by atoms with Crippen LogP contribution in [-0.2, 0) is 15.8 Å². The summed E-state index contributed by atoms with van der Waals surface area (Å²) in [6, 6.07) is 7.62. The SMILES string of the molecule is Cc1nc(N2CCN(S(=O)(=O)Cc3cccc(F)c3)CC2)cc(-n2cnc(C)c2C)n1. The summed E-state index contributed by atoms with van der Waals surface area (Å²) in [5.41, 5.74) is 2.40. The van der Waals surface area contributed by atoms with Gasteiger partial charge in [0.2, 0.25) is 10.0 Å². The van der Waals surface area contributed by atoms with Crippen molar-refractivity contribution in [3.05, 3.63) is 65.3 Å². The molecular weight excluding hydrogens is 419 g/mol. The Morgan fingerprint density at radius 1 is 1.00 bits per heavy atom. The molecule has 0 spiro atoms. The number of hydrogen-bond acceptors (Lipinski definition) is 6. The Morgan fingerprint density at radius 3 is 2.35 bits per heavy atom. The van der Waals surface area contributed by atoms with Crippen LogP contribution < -0.4 is 4.90 Å². The van der Waals surface area contributed by atoms with Crippen molar-refractivity contribution in [2.24, 2.45) is 0 Å². The van der Waals surface area contributed by atoms with E-state index in [1.807, 2.05) is 31.4 Å². The fourth-order valence-corrected chi connectivity index (χ4v) is 5.18. The van der Waals surface area contributed by atoms with Gasteiger partial charge in [0, 0.05) is 37.9 Å². The predicted molar refractivity (Wildman–Crippen MR) is 116 cm³/mol. The van der Waals surface area contributed by atoms with Gasteiger partial charge in [-0.3, -0.25) is 4.57 Å². The first-order valence-electron chi connectivity index (χ1n) is 10.1. The lowest BCUT2D eigenvalue weighted by Crippen LogP contribution is -2.49. The number of aromatic nitrogens is 4. The highest BCUT2D eigenvalue weighted by Crippen LogP contribution is 2.21. The van der Waals surface area contributed by atoms with Crippen LogP contribution in [0, 0.1) is 26.6 Å². The van der Waals surface area contributed by atoms with E-state index in [0.717, 1.165) is 23.0 Å². The van der Waals surface area contributed by atoms with Crippen molar-refractivity contribution in [1.29, 1.82) is 0 Å². The molecule has 2 aromatic heterocycles. The van der Waals surface area contributed by atoms with Gasteiger partial charge in [-0.1, -0.05) is 12.1 Å². The third-order valence-corrected chi connectivity index (χ3v) is 7.35. The lowest BCUT2D eigenvalue weighted by molar-refractivity contribution is 0.383. The Kier molecular flexibility index (Phi) is 5.76. The minimum atomic E-state index is -3.53. The zero-order valence-corrected chi connectivity index (χ0v) is 18.6. The van der Waals surface area contributed by atoms with Crippen LogP contribution in [0.25, 0.3) is 5.82 Å². The number of piperazine rings is 1. The van der Waals surface area contributed by atoms with E-state index in [2.05, 4.69) is 19.9 Å². The number of rotatable bonds is 5. The van der Waals surface area contributed by atoms with Gasteiger partial charge in [-0.25, -0.2) is 27.8 Å². The molecule has 0 N–H and O–H groups in total. The predicted octanol–water partition coefficient (Wildman–Crippen LogP) is 2.38. The van der Waals surface area contributed by atoms with E-state index >= 15 is 0 Å². The lowest BCUT2D eigenvalue weighted by Gasteiger charge is -2.34. The van der Waals surface area contributed by atoms with Crippen molar-refractivity contribution in [2.45, 2.75) is 26.5 Å². The maximum atomic E-state index is 13.4. The van der Waals surface area contributed by atoms with Crippen molar-refractivity contribution in [2.75, 3.05) is 31.1 Å². The number of nitrogens with zero attached hydrogens (tertiary/aromatic N) is 6. The molecule has 3 heterocycles. The van der Waals surface area contributed by atoms with Gasteiger partial charge in [-0.15, -0.1) is 0 Å². The summed E-state index contributed by atoms with van der Waals surface area (Å²) in [4.78, 5) is 15.5. The standard InChI is InChI=1S/C21H25FN6O2S/c1-15-16(2)28(14-23-15)21-12-20(24-17(3)25-21)26-7-9-27(10-8-26)31(29,30)13-18-5-4-6-19(22)11-18/h4-6,11-12,14H,7-10,13H2,1-3H3. The average Bonchev–Trinajstić information content (AvgIpc) is 3.06. The molecule has 0 unspecified atom stereocenters. The minimum Gasteiger partial charge on any atom is -0.354 e. The third kappa shape index (κ3) is 4.59. The molecule has 3 aromatic rings. The van der Waals surface area contributed by atoms with Gasteiger partial charge in [0.05, 0.1) is 11.4 Å². The molecule has 0 saturated carbocycles. The first-order chi connectivity index (χ1) is 14.7. The molecule has 1 fully saturated rings. The molecule has 1 aliphatic rings. The summed E-state index contributed by atoms with van der Waals surface area (Å²) in [6.45, 7) is 7.50. The zero-order chi connectivity index (χ0) is 22.2. The van der Waals surface area contributed by atoms with Crippen molar-refractivity contribution in [3.63, 3.8) is 0 Å². The van der Waals surface area contributed by atoms with E-state index in [1.165, 1.54) is 22.5 Å². The largest absolute Gasteiger partial charge is 0.354 e. The molecule has 164 valence electrons. The first-order valence-corrected chi connectivity index (χ1v) is 11.7. The molecule has 10 heteroatoms. The van der Waals surface area contributed by atoms with Crippen LogP contribution in [0.2, 0.25) is 0 Å². The molecule has 4 rings (SSSR count). The van der Waals surface area contributed by atoms with Crippen molar-refractivity contribution >= 4 is 15.8 Å². The summed E-state index contributed by atoms with van der Waals surface area (Å²) in [7, 11) is -3.53. The van der Waals surface area contributed by atoms with Gasteiger partial charge in [0.1, 0.15) is 29.6 Å². The monoisotopic (exact) mass is 444 g/mol. The van der Waals surface area contributed by atoms with Crippen LogP contribution in [0.15, 0.2) is 36.7 Å². The van der Waals surface area contributed by atoms with Crippen LogP contribution in [0.3, 0.4) is 0 Å². The van der Waals surface area contributed by atoms with Gasteiger partial charge in [0.25, 0.3) is 0 Å². The van der Waals surface area contributed by atoms with E-state index in [-0.39, 0.29) is 5.75 Å². The number of sulfonamides is 1. The zero-order valence-electron chi connectivity index (χ0n) is 17.8. The van der Waals surface area contributed by atoms with Crippen LogP contribution >= 0.6 is 0 Å². The topological polar surface area (TPSA) is 84.2 Å². The van der Waals surface area contributed by atoms with Crippen LogP contribution in [0.5, 0.6) is 0 Å². The number of anilines is 1. The molecule has 0 atom stereocenters. The third-order valence-electron chi connectivity index (χ3n) is 5.50. The summed E-state index contributed by atoms with van der Waals surface area (Å²) >= 11 is 0. The molecule has 8 nitrogen and oxygen atoms in total. The molecule has 1 aliphatic heterocycles. The van der Waals surface area contributed by atoms with Crippen LogP contribution in [-0.4, -0.2) is 58.4 Å².